The van der Waals surface area contributed by atoms with Crippen molar-refractivity contribution < 1.29 is 17.7 Å². The molecule has 0 radical (unpaired) electrons. The summed E-state index contributed by atoms with van der Waals surface area (Å²) in [5, 5.41) is 5.87. The molecule has 0 bridgehead atoms. The van der Waals surface area contributed by atoms with Gasteiger partial charge >= 0.3 is 0 Å². The number of fused-ring (bicyclic) bond motifs is 3. The number of halogens is 2. The van der Waals surface area contributed by atoms with Crippen LogP contribution in [0.25, 0.3) is 16.6 Å². The first-order valence-electron chi connectivity index (χ1n) is 11.7. The Morgan fingerprint density at radius 1 is 1.15 bits per heavy atom. The Morgan fingerprint density at radius 3 is 2.73 bits per heavy atom. The van der Waals surface area contributed by atoms with Gasteiger partial charge in [0, 0.05) is 49.4 Å². The maximum absolute atomic E-state index is 15.3. The summed E-state index contributed by atoms with van der Waals surface area (Å²) in [4.78, 5) is 34.1. The molecule has 1 saturated heterocycles. The highest BCUT2D eigenvalue weighted by molar-refractivity contribution is 5.92. The molecule has 5 rings (SSSR count). The first kappa shape index (κ1) is 17.7. The van der Waals surface area contributed by atoms with Crippen LogP contribution in [-0.2, 0) is 6.54 Å². The first-order chi connectivity index (χ1) is 17.1. The maximum Gasteiger partial charge on any atom is 0.274 e. The van der Waals surface area contributed by atoms with Crippen molar-refractivity contribution in [1.29, 1.82) is 0 Å². The van der Waals surface area contributed by atoms with Crippen molar-refractivity contribution in [2.75, 3.05) is 38.1 Å². The van der Waals surface area contributed by atoms with E-state index in [4.69, 9.17) is 4.11 Å². The van der Waals surface area contributed by atoms with Gasteiger partial charge in [-0.2, -0.15) is 9.49 Å². The van der Waals surface area contributed by atoms with E-state index in [0.29, 0.717) is 49.3 Å². The number of nitrogens with one attached hydrogen (secondary N) is 2. The number of aromatic amines is 1. The van der Waals surface area contributed by atoms with E-state index in [1.807, 2.05) is 4.90 Å². The van der Waals surface area contributed by atoms with Gasteiger partial charge in [0.1, 0.15) is 16.7 Å². The number of H-pyrrole nitrogens is 1. The number of benzene rings is 1. The normalized spacial score (nSPS) is 16.5. The summed E-state index contributed by atoms with van der Waals surface area (Å²) in [6.45, 7) is -0.530. The van der Waals surface area contributed by atoms with Crippen molar-refractivity contribution in [3.05, 3.63) is 69.9 Å². The van der Waals surface area contributed by atoms with E-state index in [2.05, 4.69) is 15.1 Å². The molecule has 1 aromatic carbocycles. The second-order valence-corrected chi connectivity index (χ2v) is 7.74. The first-order valence-corrected chi connectivity index (χ1v) is 10.2. The number of carbonyl (C=O) groups is 1. The Kier molecular flexibility index (Phi) is 4.41. The lowest BCUT2D eigenvalue weighted by Crippen LogP contribution is -2.46. The molecule has 4 heterocycles. The van der Waals surface area contributed by atoms with Crippen LogP contribution in [0.15, 0.2) is 41.3 Å². The number of nitrogens with zero attached hydrogens (tertiary/aromatic N) is 5. The molecule has 170 valence electrons. The van der Waals surface area contributed by atoms with Crippen LogP contribution in [0.5, 0.6) is 0 Å². The van der Waals surface area contributed by atoms with Gasteiger partial charge in [-0.05, 0) is 24.3 Å². The van der Waals surface area contributed by atoms with Crippen LogP contribution in [-0.4, -0.2) is 63.5 Å². The number of amides is 1. The van der Waals surface area contributed by atoms with Gasteiger partial charge in [-0.3, -0.25) is 14.5 Å². The highest BCUT2D eigenvalue weighted by atomic mass is 19.1. The highest BCUT2D eigenvalue weighted by Crippen LogP contribution is 2.23. The molecule has 1 aliphatic heterocycles. The monoisotopic (exact) mass is 456 g/mol. The molecule has 11 heteroatoms. The second-order valence-electron chi connectivity index (χ2n) is 7.74. The van der Waals surface area contributed by atoms with Crippen LogP contribution in [0.2, 0.25) is 0 Å². The number of anilines is 1. The molecule has 2 N–H and O–H groups in total. The van der Waals surface area contributed by atoms with Gasteiger partial charge in [-0.25, -0.2) is 13.9 Å². The Balaban J connectivity index is 1.27. The van der Waals surface area contributed by atoms with E-state index >= 15 is 4.39 Å². The minimum absolute atomic E-state index is 0.0862. The second kappa shape index (κ2) is 8.24. The number of pyridine rings is 1. The number of aromatic nitrogens is 4. The van der Waals surface area contributed by atoms with Gasteiger partial charge in [0.2, 0.25) is 5.95 Å². The molecule has 4 aromatic rings. The molecule has 3 aromatic heterocycles. The molecular weight excluding hydrogens is 432 g/mol. The van der Waals surface area contributed by atoms with Crippen LogP contribution in [0.3, 0.4) is 0 Å². The van der Waals surface area contributed by atoms with E-state index in [9.17, 15) is 14.0 Å². The van der Waals surface area contributed by atoms with Crippen molar-refractivity contribution in [2.45, 2.75) is 6.54 Å². The fourth-order valence-electron chi connectivity index (χ4n) is 4.11. The summed E-state index contributed by atoms with van der Waals surface area (Å²) >= 11 is 0. The minimum Gasteiger partial charge on any atom is -0.365 e. The lowest BCUT2D eigenvalue weighted by Gasteiger charge is -2.36. The average molecular weight is 456 g/mol. The largest absolute Gasteiger partial charge is 0.365 e. The number of hydrogen-bond donors (Lipinski definition) is 2. The molecule has 0 atom stereocenters. The van der Waals surface area contributed by atoms with Crippen LogP contribution in [0, 0.1) is 11.8 Å². The molecule has 0 aliphatic carbocycles. The summed E-state index contributed by atoms with van der Waals surface area (Å²) in [5.74, 6) is -2.39. The Labute approximate surface area is 190 Å². The van der Waals surface area contributed by atoms with E-state index in [1.54, 1.807) is 28.4 Å². The highest BCUT2D eigenvalue weighted by Gasteiger charge is 2.23. The Hall–Kier alpha value is -3.86. The zero-order valence-corrected chi connectivity index (χ0v) is 17.3. The standard InChI is InChI=1S/C22H21F2N7O2/c1-25-21(32)14-3-5-16(20(24)27-14)30-10-8-29(9-11-30)12-13-2-4-15-19(18(13)23)28-22(33)17-6-7-26-31(15)17/h2-7H,8-12H2,1H3,(H,25,32)(H,28,33)/i1D3. The van der Waals surface area contributed by atoms with Gasteiger partial charge in [0.05, 0.1) is 17.4 Å². The van der Waals surface area contributed by atoms with Crippen LogP contribution >= 0.6 is 0 Å². The Bertz CT molecular complexity index is 1530. The van der Waals surface area contributed by atoms with Crippen molar-refractivity contribution in [3.63, 3.8) is 0 Å². The molecule has 1 fully saturated rings. The van der Waals surface area contributed by atoms with E-state index in [1.165, 1.54) is 22.8 Å². The molecule has 0 saturated carbocycles. The fraction of sp³-hybridized carbons (Fsp3) is 0.273. The van der Waals surface area contributed by atoms with E-state index in [0.717, 1.165) is 0 Å². The third-order valence-electron chi connectivity index (χ3n) is 5.82. The molecule has 1 amide bonds. The smallest absolute Gasteiger partial charge is 0.274 e. The maximum atomic E-state index is 15.3. The molecule has 1 aliphatic rings. The summed E-state index contributed by atoms with van der Waals surface area (Å²) in [5.41, 5.74) is 0.722. The van der Waals surface area contributed by atoms with Crippen LogP contribution < -0.4 is 15.8 Å². The lowest BCUT2D eigenvalue weighted by atomic mass is 10.1. The van der Waals surface area contributed by atoms with Gasteiger partial charge in [-0.15, -0.1) is 0 Å². The average Bonchev–Trinajstić information content (AvgIpc) is 3.32. The molecule has 9 nitrogen and oxygen atoms in total. The summed E-state index contributed by atoms with van der Waals surface area (Å²) in [7, 11) is 0. The summed E-state index contributed by atoms with van der Waals surface area (Å²) in [6.07, 6.45) is 1.48. The number of carbonyl (C=O) groups excluding carboxylic acids is 1. The molecular formula is C22H21F2N7O2. The lowest BCUT2D eigenvalue weighted by molar-refractivity contribution is 0.0957. The number of hydrogen-bond acceptors (Lipinski definition) is 6. The van der Waals surface area contributed by atoms with Gasteiger partial charge in [0.15, 0.2) is 5.82 Å². The quantitative estimate of drug-likeness (QED) is 0.452. The van der Waals surface area contributed by atoms with E-state index < -0.39 is 30.2 Å². The number of rotatable bonds is 4. The zero-order chi connectivity index (χ0) is 25.6. The predicted octanol–water partition coefficient (Wildman–Crippen LogP) is 1.53. The van der Waals surface area contributed by atoms with Crippen molar-refractivity contribution >= 4 is 28.1 Å². The van der Waals surface area contributed by atoms with Crippen LogP contribution in [0.1, 0.15) is 20.2 Å². The van der Waals surface area contributed by atoms with Crippen molar-refractivity contribution in [2.24, 2.45) is 0 Å². The van der Waals surface area contributed by atoms with E-state index in [-0.39, 0.29) is 16.9 Å². The van der Waals surface area contributed by atoms with Crippen LogP contribution in [0.4, 0.5) is 14.5 Å². The van der Waals surface area contributed by atoms with Crippen molar-refractivity contribution in [1.82, 2.24) is 29.8 Å². The predicted molar refractivity (Wildman–Crippen MR) is 118 cm³/mol. The molecule has 33 heavy (non-hydrogen) atoms. The van der Waals surface area contributed by atoms with Gasteiger partial charge in [-0.1, -0.05) is 6.07 Å². The Morgan fingerprint density at radius 2 is 1.97 bits per heavy atom. The third kappa shape index (κ3) is 3.69. The summed E-state index contributed by atoms with van der Waals surface area (Å²) in [6, 6.07) is 7.60. The topological polar surface area (TPSA) is 98.6 Å². The number of piperazine rings is 1. The van der Waals surface area contributed by atoms with Crippen molar-refractivity contribution in [3.8, 4) is 0 Å². The molecule has 0 spiro atoms. The summed E-state index contributed by atoms with van der Waals surface area (Å²) < 4.78 is 52.5. The third-order valence-corrected chi connectivity index (χ3v) is 5.82. The van der Waals surface area contributed by atoms with Gasteiger partial charge < -0.3 is 15.2 Å². The van der Waals surface area contributed by atoms with Gasteiger partial charge in [0.25, 0.3) is 11.5 Å². The molecule has 0 unspecified atom stereocenters. The minimum atomic E-state index is -2.70. The zero-order valence-electron chi connectivity index (χ0n) is 20.3. The fourth-order valence-corrected chi connectivity index (χ4v) is 4.11. The SMILES string of the molecule is [2H]C([2H])([2H])NC(=O)c1ccc(N2CCN(Cc3ccc4c([nH]c(=O)c5ccnn54)c3F)CC2)c(F)n1.